The van der Waals surface area contributed by atoms with Gasteiger partial charge in [0.2, 0.25) is 0 Å². The molecule has 0 atom stereocenters. The number of benzene rings is 3. The molecule has 0 radical (unpaired) electrons. The minimum Gasteiger partial charge on any atom is -0.473 e. The van der Waals surface area contributed by atoms with E-state index in [0.717, 1.165) is 34.4 Å². The van der Waals surface area contributed by atoms with Gasteiger partial charge < -0.3 is 9.47 Å². The average Bonchev–Trinajstić information content (AvgIpc) is 2.74. The molecule has 0 bridgehead atoms. The largest absolute Gasteiger partial charge is 0.473 e. The van der Waals surface area contributed by atoms with E-state index in [1.54, 1.807) is 0 Å². The zero-order valence-electron chi connectivity index (χ0n) is 15.9. The summed E-state index contributed by atoms with van der Waals surface area (Å²) in [4.78, 5) is 0. The Balaban J connectivity index is 1.93. The number of hydrogen-bond acceptors (Lipinski definition) is 2. The Kier molecular flexibility index (Phi) is 5.52. The fraction of sp³-hybridized carbons (Fsp3) is 0.200. The molecule has 0 aliphatic carbocycles. The van der Waals surface area contributed by atoms with Gasteiger partial charge in [-0.2, -0.15) is 0 Å². The molecule has 1 aliphatic rings. The Hall–Kier alpha value is -2.55. The van der Waals surface area contributed by atoms with Crippen LogP contribution in [0.2, 0.25) is 5.02 Å². The molecule has 0 spiro atoms. The SMILES string of the molecule is CCOCCC1=Cc2cc(Cl)ccc2OC1(c1ccccc1)c1ccccc1. The van der Waals surface area contributed by atoms with Gasteiger partial charge in [0.05, 0.1) is 6.61 Å². The maximum Gasteiger partial charge on any atom is 0.181 e. The zero-order chi connectivity index (χ0) is 19.4. The minimum atomic E-state index is -0.694. The number of hydrogen-bond donors (Lipinski definition) is 0. The summed E-state index contributed by atoms with van der Waals surface area (Å²) in [7, 11) is 0. The number of halogens is 1. The van der Waals surface area contributed by atoms with E-state index in [0.29, 0.717) is 18.2 Å². The van der Waals surface area contributed by atoms with Crippen LogP contribution in [-0.2, 0) is 10.3 Å². The van der Waals surface area contributed by atoms with E-state index in [1.165, 1.54) is 0 Å². The molecule has 4 rings (SSSR count). The maximum atomic E-state index is 6.81. The van der Waals surface area contributed by atoms with Crippen LogP contribution in [0.15, 0.2) is 84.4 Å². The number of fused-ring (bicyclic) bond motifs is 1. The Morgan fingerprint density at radius 3 is 2.14 bits per heavy atom. The predicted molar refractivity (Wildman–Crippen MR) is 115 cm³/mol. The first-order valence-electron chi connectivity index (χ1n) is 9.62. The van der Waals surface area contributed by atoms with E-state index in [1.807, 2.05) is 37.3 Å². The smallest absolute Gasteiger partial charge is 0.181 e. The van der Waals surface area contributed by atoms with Crippen LogP contribution in [0.3, 0.4) is 0 Å². The molecule has 1 aliphatic heterocycles. The van der Waals surface area contributed by atoms with Gasteiger partial charge in [-0.1, -0.05) is 72.3 Å². The number of ether oxygens (including phenoxy) is 2. The second-order valence-corrected chi connectivity index (χ2v) is 7.25. The van der Waals surface area contributed by atoms with Crippen LogP contribution >= 0.6 is 11.6 Å². The van der Waals surface area contributed by atoms with Crippen molar-refractivity contribution >= 4 is 17.7 Å². The normalized spacial score (nSPS) is 14.7. The summed E-state index contributed by atoms with van der Waals surface area (Å²) in [5.41, 5.74) is 3.67. The molecule has 0 saturated carbocycles. The van der Waals surface area contributed by atoms with Crippen LogP contribution in [0.4, 0.5) is 0 Å². The Labute approximate surface area is 171 Å². The van der Waals surface area contributed by atoms with Crippen LogP contribution in [0.25, 0.3) is 6.08 Å². The van der Waals surface area contributed by atoms with E-state index in [9.17, 15) is 0 Å². The Morgan fingerprint density at radius 1 is 0.893 bits per heavy atom. The first kappa shape index (κ1) is 18.8. The van der Waals surface area contributed by atoms with Gasteiger partial charge in [-0.3, -0.25) is 0 Å². The molecule has 142 valence electrons. The molecule has 0 N–H and O–H groups in total. The van der Waals surface area contributed by atoms with E-state index in [4.69, 9.17) is 21.1 Å². The first-order chi connectivity index (χ1) is 13.7. The van der Waals surface area contributed by atoms with Crippen molar-refractivity contribution in [3.8, 4) is 5.75 Å². The van der Waals surface area contributed by atoms with Crippen LogP contribution in [0.5, 0.6) is 5.75 Å². The van der Waals surface area contributed by atoms with Crippen molar-refractivity contribution < 1.29 is 9.47 Å². The Morgan fingerprint density at radius 2 is 1.54 bits per heavy atom. The van der Waals surface area contributed by atoms with Gasteiger partial charge in [0.15, 0.2) is 5.60 Å². The molecule has 0 saturated heterocycles. The summed E-state index contributed by atoms with van der Waals surface area (Å²) in [6, 6.07) is 26.6. The highest BCUT2D eigenvalue weighted by atomic mass is 35.5. The van der Waals surface area contributed by atoms with Crippen LogP contribution in [-0.4, -0.2) is 13.2 Å². The van der Waals surface area contributed by atoms with E-state index in [2.05, 4.69) is 54.6 Å². The summed E-state index contributed by atoms with van der Waals surface area (Å²) >= 11 is 6.25. The molecule has 1 heterocycles. The standard InChI is InChI=1S/C25H23ClO2/c1-2-27-16-15-22-17-19-18-23(26)13-14-24(19)28-25(22,20-9-5-3-6-10-20)21-11-7-4-8-12-21/h3-14,17-18H,2,15-16H2,1H3. The second kappa shape index (κ2) is 8.22. The summed E-state index contributed by atoms with van der Waals surface area (Å²) < 4.78 is 12.5. The highest BCUT2D eigenvalue weighted by molar-refractivity contribution is 6.30. The van der Waals surface area contributed by atoms with Crippen molar-refractivity contribution in [1.29, 1.82) is 0 Å². The monoisotopic (exact) mass is 390 g/mol. The summed E-state index contributed by atoms with van der Waals surface area (Å²) in [5.74, 6) is 0.831. The molecule has 3 heteroatoms. The zero-order valence-corrected chi connectivity index (χ0v) is 16.7. The van der Waals surface area contributed by atoms with Gasteiger partial charge >= 0.3 is 0 Å². The van der Waals surface area contributed by atoms with E-state index < -0.39 is 5.60 Å². The first-order valence-corrected chi connectivity index (χ1v) is 10.00. The molecular weight excluding hydrogens is 368 g/mol. The molecule has 2 nitrogen and oxygen atoms in total. The van der Waals surface area contributed by atoms with Crippen molar-refractivity contribution in [3.05, 3.63) is 106 Å². The van der Waals surface area contributed by atoms with Gasteiger partial charge in [-0.15, -0.1) is 0 Å². The highest BCUT2D eigenvalue weighted by Crippen LogP contribution is 2.48. The van der Waals surface area contributed by atoms with Crippen molar-refractivity contribution in [2.75, 3.05) is 13.2 Å². The van der Waals surface area contributed by atoms with Gasteiger partial charge in [0.25, 0.3) is 0 Å². The van der Waals surface area contributed by atoms with E-state index in [-0.39, 0.29) is 0 Å². The molecule has 3 aromatic rings. The quantitative estimate of drug-likeness (QED) is 0.448. The summed E-state index contributed by atoms with van der Waals surface area (Å²) in [6.07, 6.45) is 2.98. The molecule has 3 aromatic carbocycles. The third kappa shape index (κ3) is 3.46. The van der Waals surface area contributed by atoms with Gasteiger partial charge in [-0.05, 0) is 43.2 Å². The minimum absolute atomic E-state index is 0.642. The van der Waals surface area contributed by atoms with Crippen molar-refractivity contribution in [2.45, 2.75) is 18.9 Å². The molecule has 0 amide bonds. The molecule has 0 aromatic heterocycles. The predicted octanol–water partition coefficient (Wildman–Crippen LogP) is 6.49. The second-order valence-electron chi connectivity index (χ2n) is 6.81. The van der Waals surface area contributed by atoms with Crippen molar-refractivity contribution in [1.82, 2.24) is 0 Å². The van der Waals surface area contributed by atoms with Gasteiger partial charge in [0, 0.05) is 28.3 Å². The Bertz CT molecular complexity index is 925. The summed E-state index contributed by atoms with van der Waals surface area (Å²) in [5, 5.41) is 0.703. The molecule has 28 heavy (non-hydrogen) atoms. The number of rotatable bonds is 6. The lowest BCUT2D eigenvalue weighted by molar-refractivity contribution is 0.118. The van der Waals surface area contributed by atoms with E-state index >= 15 is 0 Å². The van der Waals surface area contributed by atoms with Crippen molar-refractivity contribution in [3.63, 3.8) is 0 Å². The fourth-order valence-electron chi connectivity index (χ4n) is 3.82. The lowest BCUT2D eigenvalue weighted by Gasteiger charge is -2.41. The molecule has 0 unspecified atom stereocenters. The molecular formula is C25H23ClO2. The third-order valence-electron chi connectivity index (χ3n) is 5.10. The molecule has 0 fully saturated rings. The lowest BCUT2D eigenvalue weighted by Crippen LogP contribution is -2.39. The van der Waals surface area contributed by atoms with Crippen molar-refractivity contribution in [2.24, 2.45) is 0 Å². The topological polar surface area (TPSA) is 18.5 Å². The van der Waals surface area contributed by atoms with Gasteiger partial charge in [-0.25, -0.2) is 0 Å². The van der Waals surface area contributed by atoms with Crippen LogP contribution < -0.4 is 4.74 Å². The third-order valence-corrected chi connectivity index (χ3v) is 5.33. The van der Waals surface area contributed by atoms with Gasteiger partial charge in [0.1, 0.15) is 5.75 Å². The lowest BCUT2D eigenvalue weighted by atomic mass is 9.76. The average molecular weight is 391 g/mol. The summed E-state index contributed by atoms with van der Waals surface area (Å²) in [6.45, 7) is 3.35. The highest BCUT2D eigenvalue weighted by Gasteiger charge is 2.43. The maximum absolute atomic E-state index is 6.81. The van der Waals surface area contributed by atoms with Crippen LogP contribution in [0, 0.1) is 0 Å². The fourth-order valence-corrected chi connectivity index (χ4v) is 4.00. The van der Waals surface area contributed by atoms with Crippen LogP contribution in [0.1, 0.15) is 30.0 Å².